The van der Waals surface area contributed by atoms with Crippen LogP contribution in [0.25, 0.3) is 0 Å². The summed E-state index contributed by atoms with van der Waals surface area (Å²) in [6.07, 6.45) is 1.79. The van der Waals surface area contributed by atoms with E-state index in [1.807, 2.05) is 25.1 Å². The molecule has 0 bridgehead atoms. The number of aryl methyl sites for hydroxylation is 1. The van der Waals surface area contributed by atoms with Crippen LogP contribution in [0.3, 0.4) is 0 Å². The molecule has 1 fully saturated rings. The van der Waals surface area contributed by atoms with Gasteiger partial charge >= 0.3 is 0 Å². The van der Waals surface area contributed by atoms with Gasteiger partial charge in [0.05, 0.1) is 4.90 Å². The standard InChI is InChI=1S/C21H26N2O3S/c1-15(2)19-8-6-7-16(3)20(19)22-21(24)17-9-11-18(12-10-17)27(25,26)23-13-4-5-14-23/h6-12,15H,4-5,13-14H2,1-3H3,(H,22,24). The van der Waals surface area contributed by atoms with Crippen LogP contribution in [-0.4, -0.2) is 31.7 Å². The van der Waals surface area contributed by atoms with Gasteiger partial charge < -0.3 is 5.32 Å². The molecule has 2 aromatic rings. The second-order valence-electron chi connectivity index (χ2n) is 7.28. The van der Waals surface area contributed by atoms with Gasteiger partial charge in [0.15, 0.2) is 0 Å². The SMILES string of the molecule is Cc1cccc(C(C)C)c1NC(=O)c1ccc(S(=O)(=O)N2CCCC2)cc1. The molecule has 6 heteroatoms. The van der Waals surface area contributed by atoms with Crippen molar-refractivity contribution >= 4 is 21.6 Å². The Labute approximate surface area is 161 Å². The van der Waals surface area contributed by atoms with E-state index in [1.54, 1.807) is 12.1 Å². The van der Waals surface area contributed by atoms with Crippen molar-refractivity contribution in [1.82, 2.24) is 4.31 Å². The number of carbonyl (C=O) groups excluding carboxylic acids is 1. The highest BCUT2D eigenvalue weighted by Crippen LogP contribution is 2.28. The van der Waals surface area contributed by atoms with Crippen molar-refractivity contribution in [2.75, 3.05) is 18.4 Å². The number of sulfonamides is 1. The molecule has 1 aliphatic heterocycles. The third-order valence-electron chi connectivity index (χ3n) is 4.98. The zero-order valence-electron chi connectivity index (χ0n) is 16.0. The van der Waals surface area contributed by atoms with Crippen LogP contribution < -0.4 is 5.32 Å². The average Bonchev–Trinajstić information content (AvgIpc) is 3.19. The zero-order valence-corrected chi connectivity index (χ0v) is 16.8. The fraction of sp³-hybridized carbons (Fsp3) is 0.381. The minimum atomic E-state index is -3.46. The van der Waals surface area contributed by atoms with Gasteiger partial charge in [0.1, 0.15) is 0 Å². The number of para-hydroxylation sites is 1. The summed E-state index contributed by atoms with van der Waals surface area (Å²) in [5.74, 6) is 0.0458. The number of hydrogen-bond acceptors (Lipinski definition) is 3. The summed E-state index contributed by atoms with van der Waals surface area (Å²) in [7, 11) is -3.46. The van der Waals surface area contributed by atoms with Crippen LogP contribution in [0, 0.1) is 6.92 Å². The third kappa shape index (κ3) is 4.06. The normalized spacial score (nSPS) is 15.3. The van der Waals surface area contributed by atoms with E-state index in [0.29, 0.717) is 18.7 Å². The molecule has 0 spiro atoms. The van der Waals surface area contributed by atoms with Crippen molar-refractivity contribution in [2.24, 2.45) is 0 Å². The Morgan fingerprint density at radius 3 is 2.26 bits per heavy atom. The number of carbonyl (C=O) groups is 1. The maximum atomic E-state index is 12.7. The maximum Gasteiger partial charge on any atom is 0.255 e. The third-order valence-corrected chi connectivity index (χ3v) is 6.90. The molecule has 5 nitrogen and oxygen atoms in total. The Morgan fingerprint density at radius 2 is 1.67 bits per heavy atom. The first-order chi connectivity index (χ1) is 12.8. The number of benzene rings is 2. The molecule has 0 unspecified atom stereocenters. The van der Waals surface area contributed by atoms with E-state index in [0.717, 1.165) is 29.7 Å². The zero-order chi connectivity index (χ0) is 19.6. The van der Waals surface area contributed by atoms with Crippen LogP contribution in [0.4, 0.5) is 5.69 Å². The minimum Gasteiger partial charge on any atom is -0.321 e. The van der Waals surface area contributed by atoms with Crippen molar-refractivity contribution in [3.8, 4) is 0 Å². The summed E-state index contributed by atoms with van der Waals surface area (Å²) in [4.78, 5) is 12.9. The second-order valence-corrected chi connectivity index (χ2v) is 9.22. The van der Waals surface area contributed by atoms with Crippen molar-refractivity contribution in [3.63, 3.8) is 0 Å². The second kappa shape index (κ2) is 7.82. The highest BCUT2D eigenvalue weighted by molar-refractivity contribution is 7.89. The van der Waals surface area contributed by atoms with E-state index in [-0.39, 0.29) is 16.7 Å². The van der Waals surface area contributed by atoms with Crippen LogP contribution in [0.5, 0.6) is 0 Å². The molecule has 0 atom stereocenters. The van der Waals surface area contributed by atoms with Gasteiger partial charge in [0, 0.05) is 24.3 Å². The predicted octanol–water partition coefficient (Wildman–Crippen LogP) is 4.16. The fourth-order valence-corrected chi connectivity index (χ4v) is 4.90. The molecule has 0 saturated carbocycles. The minimum absolute atomic E-state index is 0.236. The van der Waals surface area contributed by atoms with Crippen LogP contribution >= 0.6 is 0 Å². The Kier molecular flexibility index (Phi) is 5.67. The molecule has 1 N–H and O–H groups in total. The number of hydrogen-bond donors (Lipinski definition) is 1. The topological polar surface area (TPSA) is 66.5 Å². The van der Waals surface area contributed by atoms with Gasteiger partial charge in [-0.3, -0.25) is 4.79 Å². The number of anilines is 1. The van der Waals surface area contributed by atoms with E-state index < -0.39 is 10.0 Å². The summed E-state index contributed by atoms with van der Waals surface area (Å²) in [5, 5.41) is 2.99. The molecule has 3 rings (SSSR count). The predicted molar refractivity (Wildman–Crippen MR) is 108 cm³/mol. The van der Waals surface area contributed by atoms with Gasteiger partial charge in [-0.15, -0.1) is 0 Å². The molecule has 1 aliphatic rings. The summed E-state index contributed by atoms with van der Waals surface area (Å²) in [6, 6.07) is 12.1. The average molecular weight is 387 g/mol. The van der Waals surface area contributed by atoms with E-state index in [2.05, 4.69) is 19.2 Å². The molecule has 2 aromatic carbocycles. The summed E-state index contributed by atoms with van der Waals surface area (Å²) < 4.78 is 26.7. The van der Waals surface area contributed by atoms with Crippen LogP contribution in [-0.2, 0) is 10.0 Å². The molecule has 27 heavy (non-hydrogen) atoms. The molecular weight excluding hydrogens is 360 g/mol. The Balaban J connectivity index is 1.81. The van der Waals surface area contributed by atoms with E-state index in [4.69, 9.17) is 0 Å². The molecular formula is C21H26N2O3S. The van der Waals surface area contributed by atoms with E-state index >= 15 is 0 Å². The van der Waals surface area contributed by atoms with Gasteiger partial charge in [-0.2, -0.15) is 4.31 Å². The van der Waals surface area contributed by atoms with Gasteiger partial charge in [-0.1, -0.05) is 32.0 Å². The first-order valence-corrected chi connectivity index (χ1v) is 10.8. The van der Waals surface area contributed by atoms with Crippen molar-refractivity contribution in [3.05, 3.63) is 59.2 Å². The van der Waals surface area contributed by atoms with Crippen molar-refractivity contribution < 1.29 is 13.2 Å². The lowest BCUT2D eigenvalue weighted by molar-refractivity contribution is 0.102. The summed E-state index contributed by atoms with van der Waals surface area (Å²) in [5.41, 5.74) is 3.35. The first-order valence-electron chi connectivity index (χ1n) is 9.32. The molecule has 144 valence electrons. The van der Waals surface area contributed by atoms with Crippen LogP contribution in [0.15, 0.2) is 47.4 Å². The number of amides is 1. The Hall–Kier alpha value is -2.18. The molecule has 0 aromatic heterocycles. The lowest BCUT2D eigenvalue weighted by atomic mass is 9.98. The summed E-state index contributed by atoms with van der Waals surface area (Å²) in [6.45, 7) is 7.27. The largest absolute Gasteiger partial charge is 0.321 e. The summed E-state index contributed by atoms with van der Waals surface area (Å²) >= 11 is 0. The lowest BCUT2D eigenvalue weighted by Gasteiger charge is -2.17. The van der Waals surface area contributed by atoms with Crippen molar-refractivity contribution in [2.45, 2.75) is 44.4 Å². The Bertz CT molecular complexity index is 928. The van der Waals surface area contributed by atoms with E-state index in [1.165, 1.54) is 16.4 Å². The number of nitrogens with one attached hydrogen (secondary N) is 1. The van der Waals surface area contributed by atoms with Crippen molar-refractivity contribution in [1.29, 1.82) is 0 Å². The first kappa shape index (κ1) is 19.6. The van der Waals surface area contributed by atoms with Gasteiger partial charge in [-0.05, 0) is 61.1 Å². The van der Waals surface area contributed by atoms with Crippen LogP contribution in [0.2, 0.25) is 0 Å². The number of rotatable bonds is 5. The lowest BCUT2D eigenvalue weighted by Crippen LogP contribution is -2.27. The van der Waals surface area contributed by atoms with Gasteiger partial charge in [0.2, 0.25) is 10.0 Å². The monoisotopic (exact) mass is 386 g/mol. The van der Waals surface area contributed by atoms with Crippen LogP contribution in [0.1, 0.15) is 54.1 Å². The highest BCUT2D eigenvalue weighted by atomic mass is 32.2. The van der Waals surface area contributed by atoms with Gasteiger partial charge in [-0.25, -0.2) is 8.42 Å². The molecule has 1 heterocycles. The molecule has 1 amide bonds. The highest BCUT2D eigenvalue weighted by Gasteiger charge is 2.27. The molecule has 1 saturated heterocycles. The smallest absolute Gasteiger partial charge is 0.255 e. The molecule has 0 radical (unpaired) electrons. The quantitative estimate of drug-likeness (QED) is 0.839. The van der Waals surface area contributed by atoms with Gasteiger partial charge in [0.25, 0.3) is 5.91 Å². The fourth-order valence-electron chi connectivity index (χ4n) is 3.38. The maximum absolute atomic E-state index is 12.7. The number of nitrogens with zero attached hydrogens (tertiary/aromatic N) is 1. The van der Waals surface area contributed by atoms with E-state index in [9.17, 15) is 13.2 Å². The Morgan fingerprint density at radius 1 is 1.04 bits per heavy atom. The molecule has 0 aliphatic carbocycles.